The summed E-state index contributed by atoms with van der Waals surface area (Å²) in [6, 6.07) is 9.69. The van der Waals surface area contributed by atoms with Crippen molar-refractivity contribution in [3.05, 3.63) is 74.0 Å². The molecule has 8 heteroatoms. The van der Waals surface area contributed by atoms with E-state index in [0.717, 1.165) is 4.68 Å². The van der Waals surface area contributed by atoms with Gasteiger partial charge >= 0.3 is 12.4 Å². The van der Waals surface area contributed by atoms with Crippen LogP contribution in [-0.4, -0.2) is 14.3 Å². The Morgan fingerprint density at radius 2 is 2.09 bits per heavy atom. The molecule has 0 N–H and O–H groups in total. The maximum atomic E-state index is 13.9. The van der Waals surface area contributed by atoms with E-state index in [1.54, 1.807) is 30.3 Å². The Labute approximate surface area is 140 Å². The minimum absolute atomic E-state index is 0.0361. The maximum Gasteiger partial charge on any atom is 0.352 e. The third-order valence-corrected chi connectivity index (χ3v) is 4.43. The summed E-state index contributed by atoms with van der Waals surface area (Å²) in [7, 11) is 0. The van der Waals surface area contributed by atoms with Crippen LogP contribution in [0.4, 0.5) is 4.39 Å². The van der Waals surface area contributed by atoms with Crippen LogP contribution in [0.2, 0.25) is 4.34 Å². The maximum absolute atomic E-state index is 13.9. The van der Waals surface area contributed by atoms with E-state index >= 15 is 0 Å². The second kappa shape index (κ2) is 6.36. The Morgan fingerprint density at radius 3 is 2.74 bits per heavy atom. The highest BCUT2D eigenvalue weighted by molar-refractivity contribution is 7.19. The van der Waals surface area contributed by atoms with Gasteiger partial charge in [-0.25, -0.2) is 15.8 Å². The van der Waals surface area contributed by atoms with Crippen LogP contribution < -0.4 is 5.69 Å². The molecule has 2 aromatic heterocycles. The fourth-order valence-electron chi connectivity index (χ4n) is 2.16. The highest BCUT2D eigenvalue weighted by Gasteiger charge is 2.18. The number of thiophene rings is 1. The van der Waals surface area contributed by atoms with Crippen molar-refractivity contribution in [3.8, 4) is 10.7 Å². The van der Waals surface area contributed by atoms with Gasteiger partial charge in [0.15, 0.2) is 5.82 Å². The minimum Gasteiger partial charge on any atom is -0.291 e. The molecule has 0 unspecified atom stereocenters. The van der Waals surface area contributed by atoms with Gasteiger partial charge in [0.25, 0.3) is 0 Å². The molecular formula is C15H10ClFN4OS. The summed E-state index contributed by atoms with van der Waals surface area (Å²) in [4.78, 5) is 16.3. The van der Waals surface area contributed by atoms with Gasteiger partial charge in [0.05, 0.1) is 15.8 Å². The number of halogens is 2. The summed E-state index contributed by atoms with van der Waals surface area (Å²) < 4.78 is 16.9. The molecule has 0 aliphatic heterocycles. The van der Waals surface area contributed by atoms with E-state index in [0.29, 0.717) is 20.6 Å². The van der Waals surface area contributed by atoms with Gasteiger partial charge in [0, 0.05) is 5.56 Å². The fraction of sp³-hybridized carbons (Fsp3) is 0.133. The second-order valence-corrected chi connectivity index (χ2v) is 6.40. The van der Waals surface area contributed by atoms with Crippen molar-refractivity contribution in [2.45, 2.75) is 13.2 Å². The number of hydrogen-bond donors (Lipinski definition) is 0. The Kier molecular flexibility index (Phi) is 4.28. The normalized spacial score (nSPS) is 10.7. The van der Waals surface area contributed by atoms with Crippen LogP contribution in [0, 0.1) is 12.4 Å². The van der Waals surface area contributed by atoms with Gasteiger partial charge in [0.2, 0.25) is 0 Å². The molecule has 23 heavy (non-hydrogen) atoms. The Hall–Kier alpha value is -2.43. The van der Waals surface area contributed by atoms with Gasteiger partial charge in [-0.2, -0.15) is 0 Å². The zero-order valence-electron chi connectivity index (χ0n) is 11.7. The first-order valence-electron chi connectivity index (χ1n) is 6.60. The van der Waals surface area contributed by atoms with Gasteiger partial charge in [-0.3, -0.25) is 9.41 Å². The van der Waals surface area contributed by atoms with E-state index in [4.69, 9.17) is 18.2 Å². The molecule has 2 heterocycles. The van der Waals surface area contributed by atoms with Crippen LogP contribution >= 0.6 is 22.9 Å². The first kappa shape index (κ1) is 15.5. The van der Waals surface area contributed by atoms with Gasteiger partial charge < -0.3 is 0 Å². The molecule has 0 saturated carbocycles. The van der Waals surface area contributed by atoms with Crippen LogP contribution in [0.1, 0.15) is 5.56 Å². The van der Waals surface area contributed by atoms with Crippen molar-refractivity contribution >= 4 is 22.9 Å². The average molecular weight is 349 g/mol. The molecule has 3 aromatic rings. The van der Waals surface area contributed by atoms with Crippen molar-refractivity contribution in [2.24, 2.45) is 0 Å². The van der Waals surface area contributed by atoms with Gasteiger partial charge in [-0.05, 0) is 18.2 Å². The van der Waals surface area contributed by atoms with E-state index in [1.165, 1.54) is 22.0 Å². The predicted octanol–water partition coefficient (Wildman–Crippen LogP) is 3.49. The third-order valence-electron chi connectivity index (χ3n) is 3.21. The highest BCUT2D eigenvalue weighted by atomic mass is 35.5. The van der Waals surface area contributed by atoms with E-state index < -0.39 is 11.5 Å². The molecule has 0 aliphatic carbocycles. The summed E-state index contributed by atoms with van der Waals surface area (Å²) in [5, 5.41) is 4.19. The first-order chi connectivity index (χ1) is 11.1. The van der Waals surface area contributed by atoms with Crippen LogP contribution in [0.5, 0.6) is 0 Å². The van der Waals surface area contributed by atoms with Crippen molar-refractivity contribution in [1.29, 1.82) is 0 Å². The summed E-state index contributed by atoms with van der Waals surface area (Å²) in [6.45, 7) is 6.77. The molecule has 0 spiro atoms. The van der Waals surface area contributed by atoms with Crippen molar-refractivity contribution < 1.29 is 4.39 Å². The Morgan fingerprint density at radius 1 is 1.30 bits per heavy atom. The quantitative estimate of drug-likeness (QED) is 0.677. The lowest BCUT2D eigenvalue weighted by atomic mass is 10.2. The summed E-state index contributed by atoms with van der Waals surface area (Å²) in [5.41, 5.74) is -0.0790. The number of rotatable bonds is 4. The summed E-state index contributed by atoms with van der Waals surface area (Å²) in [6.07, 6.45) is 0. The minimum atomic E-state index is -0.455. The fourth-order valence-corrected chi connectivity index (χ4v) is 3.19. The second-order valence-electron chi connectivity index (χ2n) is 4.69. The SMILES string of the molecule is [C-]#[N+]Cn1nc(-c2ccc(Cl)s2)n(Cc2ccccc2F)c1=O. The molecule has 0 fully saturated rings. The topological polar surface area (TPSA) is 44.2 Å². The van der Waals surface area contributed by atoms with Crippen molar-refractivity contribution in [3.63, 3.8) is 0 Å². The van der Waals surface area contributed by atoms with E-state index in [1.807, 2.05) is 0 Å². The number of aromatic nitrogens is 3. The molecule has 0 aliphatic rings. The number of benzene rings is 1. The van der Waals surface area contributed by atoms with Crippen LogP contribution in [0.3, 0.4) is 0 Å². The number of hydrogen-bond acceptors (Lipinski definition) is 3. The average Bonchev–Trinajstić information content (AvgIpc) is 3.08. The van der Waals surface area contributed by atoms with Crippen LogP contribution in [0.15, 0.2) is 41.2 Å². The Balaban J connectivity index is 2.12. The van der Waals surface area contributed by atoms with Gasteiger partial charge in [-0.15, -0.1) is 21.1 Å². The van der Waals surface area contributed by atoms with Crippen molar-refractivity contribution in [2.75, 3.05) is 0 Å². The predicted molar refractivity (Wildman–Crippen MR) is 86.9 cm³/mol. The van der Waals surface area contributed by atoms with Crippen molar-refractivity contribution in [1.82, 2.24) is 14.3 Å². The molecule has 0 amide bonds. The lowest BCUT2D eigenvalue weighted by molar-refractivity contribution is 0.591. The highest BCUT2D eigenvalue weighted by Crippen LogP contribution is 2.29. The molecule has 5 nitrogen and oxygen atoms in total. The molecular weight excluding hydrogens is 339 g/mol. The summed E-state index contributed by atoms with van der Waals surface area (Å²) >= 11 is 7.21. The Bertz CT molecular complexity index is 953. The smallest absolute Gasteiger partial charge is 0.291 e. The zero-order valence-corrected chi connectivity index (χ0v) is 13.3. The third kappa shape index (κ3) is 3.04. The van der Waals surface area contributed by atoms with Crippen LogP contribution in [0.25, 0.3) is 15.5 Å². The van der Waals surface area contributed by atoms with Gasteiger partial charge in [0.1, 0.15) is 5.82 Å². The lowest BCUT2D eigenvalue weighted by Gasteiger charge is -2.05. The molecule has 0 radical (unpaired) electrons. The molecule has 116 valence electrons. The first-order valence-corrected chi connectivity index (χ1v) is 7.79. The van der Waals surface area contributed by atoms with E-state index in [-0.39, 0.29) is 13.2 Å². The molecule has 0 atom stereocenters. The number of nitrogens with zero attached hydrogens (tertiary/aromatic N) is 4. The van der Waals surface area contributed by atoms with E-state index in [2.05, 4.69) is 9.94 Å². The largest absolute Gasteiger partial charge is 0.352 e. The lowest BCUT2D eigenvalue weighted by Crippen LogP contribution is -2.25. The zero-order chi connectivity index (χ0) is 16.4. The molecule has 1 aromatic carbocycles. The summed E-state index contributed by atoms with van der Waals surface area (Å²) in [5.74, 6) is -0.0219. The van der Waals surface area contributed by atoms with Crippen LogP contribution in [-0.2, 0) is 13.2 Å². The molecule has 3 rings (SSSR count). The van der Waals surface area contributed by atoms with Gasteiger partial charge in [-0.1, -0.05) is 29.8 Å². The monoisotopic (exact) mass is 348 g/mol. The van der Waals surface area contributed by atoms with E-state index in [9.17, 15) is 9.18 Å². The standard InChI is InChI=1S/C15H10ClFN4OS/c1-18-9-21-15(22)20(8-10-4-2-3-5-11(10)17)14(19-21)12-6-7-13(16)23-12/h2-7H,8-9H2. The molecule has 0 bridgehead atoms. The molecule has 0 saturated heterocycles.